The highest BCUT2D eigenvalue weighted by atomic mass is 31.0. The van der Waals surface area contributed by atoms with Crippen molar-refractivity contribution in [2.45, 2.75) is 27.7 Å². The molecule has 0 fully saturated rings. The summed E-state index contributed by atoms with van der Waals surface area (Å²) in [6, 6.07) is 0. The van der Waals surface area contributed by atoms with E-state index in [9.17, 15) is 0 Å². The second-order valence-electron chi connectivity index (χ2n) is 2.67. The predicted molar refractivity (Wildman–Crippen MR) is 59.2 cm³/mol. The maximum Gasteiger partial charge on any atom is 0.0831 e. The van der Waals surface area contributed by atoms with E-state index in [1.54, 1.807) is 0 Å². The van der Waals surface area contributed by atoms with Crippen molar-refractivity contribution in [1.82, 2.24) is 9.80 Å². The minimum absolute atomic E-state index is 1.06. The predicted octanol–water partition coefficient (Wildman–Crippen LogP) is 1.90. The summed E-state index contributed by atoms with van der Waals surface area (Å²) >= 11 is 0. The molecule has 0 atom stereocenters. The van der Waals surface area contributed by atoms with E-state index in [-0.39, 0.29) is 0 Å². The highest BCUT2D eigenvalue weighted by Gasteiger charge is 2.10. The molecular formula is C9H21N2P. The van der Waals surface area contributed by atoms with E-state index >= 15 is 0 Å². The summed E-state index contributed by atoms with van der Waals surface area (Å²) in [5, 5.41) is 0. The lowest BCUT2D eigenvalue weighted by atomic mass is 10.5. The van der Waals surface area contributed by atoms with Crippen LogP contribution in [0.1, 0.15) is 27.7 Å². The van der Waals surface area contributed by atoms with Gasteiger partial charge in [0.2, 0.25) is 0 Å². The van der Waals surface area contributed by atoms with Gasteiger partial charge in [0, 0.05) is 26.2 Å². The molecule has 0 aromatic rings. The van der Waals surface area contributed by atoms with Crippen molar-refractivity contribution in [2.24, 2.45) is 0 Å². The van der Waals surface area contributed by atoms with Gasteiger partial charge in [-0.25, -0.2) is 0 Å². The van der Waals surface area contributed by atoms with Crippen LogP contribution in [0.4, 0.5) is 0 Å². The maximum absolute atomic E-state index is 3.67. The molecule has 0 aliphatic heterocycles. The summed E-state index contributed by atoms with van der Waals surface area (Å²) in [4.78, 5) is 4.62. The Morgan fingerprint density at radius 3 is 1.25 bits per heavy atom. The van der Waals surface area contributed by atoms with Crippen LogP contribution < -0.4 is 0 Å². The van der Waals surface area contributed by atoms with Gasteiger partial charge in [0.05, 0.1) is 5.54 Å². The third-order valence-corrected chi connectivity index (χ3v) is 2.76. The maximum atomic E-state index is 3.67. The fourth-order valence-electron chi connectivity index (χ4n) is 1.25. The highest BCUT2D eigenvalue weighted by Crippen LogP contribution is 2.00. The Labute approximate surface area is 78.8 Å². The smallest absolute Gasteiger partial charge is 0.0831 e. The lowest BCUT2D eigenvalue weighted by molar-refractivity contribution is 0.363. The van der Waals surface area contributed by atoms with Crippen LogP contribution in [-0.4, -0.2) is 41.5 Å². The summed E-state index contributed by atoms with van der Waals surface area (Å²) in [6.07, 6.45) is 0. The monoisotopic (exact) mass is 188 g/mol. The zero-order chi connectivity index (χ0) is 9.56. The molecule has 0 heterocycles. The zero-order valence-corrected chi connectivity index (χ0v) is 9.72. The van der Waals surface area contributed by atoms with Gasteiger partial charge in [-0.05, 0) is 0 Å². The average molecular weight is 188 g/mol. The summed E-state index contributed by atoms with van der Waals surface area (Å²) in [7, 11) is 3.67. The van der Waals surface area contributed by atoms with Crippen molar-refractivity contribution >= 4 is 14.4 Å². The Morgan fingerprint density at radius 2 is 1.08 bits per heavy atom. The summed E-state index contributed by atoms with van der Waals surface area (Å²) < 4.78 is 0. The van der Waals surface area contributed by atoms with Gasteiger partial charge < -0.3 is 0 Å². The van der Waals surface area contributed by atoms with Gasteiger partial charge in [-0.3, -0.25) is 9.80 Å². The third-order valence-electron chi connectivity index (χ3n) is 2.13. The Balaban J connectivity index is 4.12. The molecule has 0 saturated heterocycles. The van der Waals surface area contributed by atoms with Crippen LogP contribution in [0, 0.1) is 0 Å². The van der Waals surface area contributed by atoms with E-state index in [1.165, 1.54) is 5.54 Å². The lowest BCUT2D eigenvalue weighted by Crippen LogP contribution is -2.42. The van der Waals surface area contributed by atoms with Gasteiger partial charge in [0.1, 0.15) is 0 Å². The van der Waals surface area contributed by atoms with Crippen molar-refractivity contribution in [3.05, 3.63) is 0 Å². The first-order chi connectivity index (χ1) is 5.71. The molecule has 0 bridgehead atoms. The van der Waals surface area contributed by atoms with Gasteiger partial charge >= 0.3 is 0 Å². The number of nitrogens with zero attached hydrogens (tertiary/aromatic N) is 2. The molecule has 2 nitrogen and oxygen atoms in total. The molecule has 0 aliphatic rings. The van der Waals surface area contributed by atoms with Crippen LogP contribution in [0.15, 0.2) is 0 Å². The topological polar surface area (TPSA) is 6.48 Å². The second-order valence-corrected chi connectivity index (χ2v) is 3.12. The van der Waals surface area contributed by atoms with Crippen molar-refractivity contribution in [3.8, 4) is 0 Å². The lowest BCUT2D eigenvalue weighted by Gasteiger charge is -2.28. The molecule has 0 amide bonds. The largest absolute Gasteiger partial charge is 0.263 e. The quantitative estimate of drug-likeness (QED) is 0.587. The van der Waals surface area contributed by atoms with Crippen molar-refractivity contribution in [3.63, 3.8) is 0 Å². The van der Waals surface area contributed by atoms with Crippen LogP contribution in [0.2, 0.25) is 0 Å². The third kappa shape index (κ3) is 3.22. The first-order valence-electron chi connectivity index (χ1n) is 4.79. The molecule has 0 saturated carbocycles. The van der Waals surface area contributed by atoms with Crippen molar-refractivity contribution < 1.29 is 0 Å². The van der Waals surface area contributed by atoms with E-state index in [0.29, 0.717) is 0 Å². The molecule has 0 rings (SSSR count). The molecule has 0 aromatic heterocycles. The normalized spacial score (nSPS) is 11.2. The molecular weight excluding hydrogens is 167 g/mol. The minimum atomic E-state index is 1.06. The van der Waals surface area contributed by atoms with Crippen molar-refractivity contribution in [1.29, 1.82) is 0 Å². The van der Waals surface area contributed by atoms with Crippen LogP contribution in [0.3, 0.4) is 0 Å². The summed E-state index contributed by atoms with van der Waals surface area (Å²) in [5.41, 5.74) is 1.21. The average Bonchev–Trinajstić information content (AvgIpc) is 2.09. The fourth-order valence-corrected chi connectivity index (χ4v) is 1.88. The second kappa shape index (κ2) is 6.59. The molecule has 0 aromatic carbocycles. The number of hydrogen-bond acceptors (Lipinski definition) is 0. The molecule has 72 valence electrons. The van der Waals surface area contributed by atoms with Gasteiger partial charge in [0.25, 0.3) is 0 Å². The SMILES string of the molecule is CCN(CC)C(=P)N(CC)CC. The highest BCUT2D eigenvalue weighted by molar-refractivity contribution is 7.20. The number of hydrogen-bond donors (Lipinski definition) is 0. The van der Waals surface area contributed by atoms with E-state index in [4.69, 9.17) is 0 Å². The molecule has 3 heteroatoms. The van der Waals surface area contributed by atoms with E-state index in [1.807, 2.05) is 0 Å². The fraction of sp³-hybridized carbons (Fsp3) is 0.889. The van der Waals surface area contributed by atoms with Gasteiger partial charge in [-0.15, -0.1) is 0 Å². The number of rotatable bonds is 6. The summed E-state index contributed by atoms with van der Waals surface area (Å²) in [5.74, 6) is 0. The van der Waals surface area contributed by atoms with Crippen LogP contribution in [0.5, 0.6) is 0 Å². The zero-order valence-electron chi connectivity index (χ0n) is 8.72. The summed E-state index contributed by atoms with van der Waals surface area (Å²) in [6.45, 7) is 12.9. The molecule has 0 aliphatic carbocycles. The molecule has 0 unspecified atom stereocenters. The first-order valence-corrected chi connectivity index (χ1v) is 5.29. The minimum Gasteiger partial charge on any atom is -0.263 e. The Kier molecular flexibility index (Phi) is 6.64. The Bertz CT molecular complexity index is 114. The Hall–Kier alpha value is 0.0900. The van der Waals surface area contributed by atoms with E-state index in [0.717, 1.165) is 26.2 Å². The van der Waals surface area contributed by atoms with Crippen LogP contribution >= 0.6 is 8.86 Å². The van der Waals surface area contributed by atoms with Crippen LogP contribution in [0.25, 0.3) is 0 Å². The molecule has 0 spiro atoms. The molecule has 0 radical (unpaired) electrons. The van der Waals surface area contributed by atoms with E-state index in [2.05, 4.69) is 46.4 Å². The first kappa shape index (κ1) is 12.1. The Morgan fingerprint density at radius 1 is 0.833 bits per heavy atom. The molecule has 12 heavy (non-hydrogen) atoms. The van der Waals surface area contributed by atoms with Gasteiger partial charge in [-0.2, -0.15) is 0 Å². The molecule has 0 N–H and O–H groups in total. The van der Waals surface area contributed by atoms with Gasteiger partial charge in [-0.1, -0.05) is 36.6 Å². The van der Waals surface area contributed by atoms with Crippen LogP contribution in [-0.2, 0) is 0 Å². The van der Waals surface area contributed by atoms with Crippen molar-refractivity contribution in [2.75, 3.05) is 26.2 Å². The van der Waals surface area contributed by atoms with E-state index < -0.39 is 0 Å². The standard InChI is InChI=1S/C9H21N2P/c1-5-10(6-2)9(12)11(7-3)8-4/h12H,5-8H2,1-4H3. The van der Waals surface area contributed by atoms with Gasteiger partial charge in [0.15, 0.2) is 0 Å².